The first-order valence-corrected chi connectivity index (χ1v) is 14.0. The number of hydrogen-bond donors (Lipinski definition) is 2. The molecule has 2 fully saturated rings. The first kappa shape index (κ1) is 25.8. The number of nitrogens with zero attached hydrogens (tertiary/aromatic N) is 6. The third kappa shape index (κ3) is 5.93. The van der Waals surface area contributed by atoms with Crippen molar-refractivity contribution < 1.29 is 14.3 Å². The number of benzene rings is 1. The summed E-state index contributed by atoms with van der Waals surface area (Å²) in [5.74, 6) is 1.54. The maximum Gasteiger partial charge on any atom is 0.229 e. The van der Waals surface area contributed by atoms with Crippen LogP contribution >= 0.6 is 0 Å². The fourth-order valence-electron chi connectivity index (χ4n) is 5.58. The Morgan fingerprint density at radius 2 is 1.79 bits per heavy atom. The van der Waals surface area contributed by atoms with Crippen molar-refractivity contribution in [2.75, 3.05) is 62.8 Å². The predicted molar refractivity (Wildman–Crippen MR) is 151 cm³/mol. The average molecular weight is 532 g/mol. The molecule has 0 spiro atoms. The molecule has 3 aromatic heterocycles. The van der Waals surface area contributed by atoms with Crippen LogP contribution in [-0.2, 0) is 11.3 Å². The van der Waals surface area contributed by atoms with Crippen LogP contribution < -0.4 is 10.2 Å². The third-order valence-corrected chi connectivity index (χ3v) is 7.84. The topological polar surface area (TPSA) is 105 Å². The standard InChI is InChI=1S/C29H37N7O3/c37-15-18-38-17-14-34-10-12-35(13-11-34)29-32-27(26-28(33-29)36(21-31-26)25-3-1-2-4-25)30-19-22-5-7-23(8-6-22)24-9-16-39-20-24/h5-9,16,20-21,25,37H,1-4,10-15,17-19H2,(H,30,32,33). The van der Waals surface area contributed by atoms with Crippen LogP contribution in [0.15, 0.2) is 53.6 Å². The fraction of sp³-hybridized carbons (Fsp3) is 0.483. The van der Waals surface area contributed by atoms with E-state index in [1.807, 2.05) is 12.4 Å². The smallest absolute Gasteiger partial charge is 0.229 e. The Morgan fingerprint density at radius 1 is 0.974 bits per heavy atom. The Morgan fingerprint density at radius 3 is 2.54 bits per heavy atom. The number of anilines is 2. The molecule has 2 aliphatic rings. The van der Waals surface area contributed by atoms with Crippen LogP contribution in [0.1, 0.15) is 37.3 Å². The summed E-state index contributed by atoms with van der Waals surface area (Å²) in [5.41, 5.74) is 5.13. The summed E-state index contributed by atoms with van der Waals surface area (Å²) in [6.45, 7) is 6.19. The zero-order chi connectivity index (χ0) is 26.4. The summed E-state index contributed by atoms with van der Waals surface area (Å²) in [6, 6.07) is 10.9. The van der Waals surface area contributed by atoms with E-state index >= 15 is 0 Å². The summed E-state index contributed by atoms with van der Waals surface area (Å²) >= 11 is 0. The van der Waals surface area contributed by atoms with E-state index in [9.17, 15) is 0 Å². The van der Waals surface area contributed by atoms with E-state index < -0.39 is 0 Å². The minimum Gasteiger partial charge on any atom is -0.472 e. The second kappa shape index (κ2) is 12.1. The van der Waals surface area contributed by atoms with Crippen molar-refractivity contribution in [2.24, 2.45) is 0 Å². The number of furan rings is 1. The Balaban J connectivity index is 1.20. The van der Waals surface area contributed by atoms with Crippen LogP contribution in [0.25, 0.3) is 22.3 Å². The fourth-order valence-corrected chi connectivity index (χ4v) is 5.58. The van der Waals surface area contributed by atoms with Crippen LogP contribution in [-0.4, -0.2) is 82.1 Å². The van der Waals surface area contributed by atoms with E-state index in [4.69, 9.17) is 29.2 Å². The number of piperazine rings is 1. The van der Waals surface area contributed by atoms with E-state index in [-0.39, 0.29) is 6.61 Å². The molecule has 0 bridgehead atoms. The zero-order valence-electron chi connectivity index (χ0n) is 22.3. The lowest BCUT2D eigenvalue weighted by atomic mass is 10.1. The summed E-state index contributed by atoms with van der Waals surface area (Å²) < 4.78 is 12.9. The Bertz CT molecular complexity index is 1330. The van der Waals surface area contributed by atoms with Gasteiger partial charge in [0.05, 0.1) is 38.7 Å². The van der Waals surface area contributed by atoms with E-state index in [1.54, 1.807) is 12.5 Å². The van der Waals surface area contributed by atoms with E-state index in [2.05, 4.69) is 43.9 Å². The van der Waals surface area contributed by atoms with E-state index in [0.29, 0.717) is 25.8 Å². The molecule has 1 saturated carbocycles. The van der Waals surface area contributed by atoms with Gasteiger partial charge in [0.25, 0.3) is 0 Å². The molecule has 0 unspecified atom stereocenters. The van der Waals surface area contributed by atoms with Crippen LogP contribution in [0.3, 0.4) is 0 Å². The van der Waals surface area contributed by atoms with Gasteiger partial charge in [-0.25, -0.2) is 4.98 Å². The second-order valence-electron chi connectivity index (χ2n) is 10.4. The maximum absolute atomic E-state index is 8.91. The monoisotopic (exact) mass is 531 g/mol. The number of imidazole rings is 1. The quantitative estimate of drug-likeness (QED) is 0.278. The Labute approximate surface area is 228 Å². The molecule has 6 rings (SSSR count). The van der Waals surface area contributed by atoms with Gasteiger partial charge in [-0.05, 0) is 30.0 Å². The highest BCUT2D eigenvalue weighted by Gasteiger charge is 2.25. The van der Waals surface area contributed by atoms with Crippen molar-refractivity contribution >= 4 is 22.9 Å². The van der Waals surface area contributed by atoms with Gasteiger partial charge in [-0.1, -0.05) is 37.1 Å². The largest absolute Gasteiger partial charge is 0.472 e. The van der Waals surface area contributed by atoms with Gasteiger partial charge in [0.15, 0.2) is 17.0 Å². The average Bonchev–Trinajstić information content (AvgIpc) is 3.77. The van der Waals surface area contributed by atoms with Crippen LogP contribution in [0.4, 0.5) is 11.8 Å². The Hall–Kier alpha value is -3.47. The highest BCUT2D eigenvalue weighted by atomic mass is 16.5. The molecular weight excluding hydrogens is 494 g/mol. The molecule has 0 atom stereocenters. The summed E-state index contributed by atoms with van der Waals surface area (Å²) in [6.07, 6.45) is 10.3. The highest BCUT2D eigenvalue weighted by Crippen LogP contribution is 2.33. The molecule has 4 heterocycles. The van der Waals surface area contributed by atoms with Crippen molar-refractivity contribution in [1.29, 1.82) is 0 Å². The van der Waals surface area contributed by atoms with Gasteiger partial charge in [0.2, 0.25) is 5.95 Å². The van der Waals surface area contributed by atoms with Gasteiger partial charge < -0.3 is 29.0 Å². The molecule has 1 saturated heterocycles. The van der Waals surface area contributed by atoms with Crippen molar-refractivity contribution in [3.05, 3.63) is 54.7 Å². The number of aromatic nitrogens is 4. The minimum absolute atomic E-state index is 0.0675. The molecule has 0 amide bonds. The van der Waals surface area contributed by atoms with Crippen molar-refractivity contribution in [2.45, 2.75) is 38.3 Å². The third-order valence-electron chi connectivity index (χ3n) is 7.84. The molecular formula is C29H37N7O3. The summed E-state index contributed by atoms with van der Waals surface area (Å²) in [4.78, 5) is 19.5. The number of aliphatic hydroxyl groups is 1. The molecule has 1 aromatic carbocycles. The SMILES string of the molecule is OCCOCCN1CCN(c2nc(NCc3ccc(-c4ccoc4)cc3)c3ncn(C4CCCC4)c3n2)CC1. The molecule has 0 radical (unpaired) electrons. The lowest BCUT2D eigenvalue weighted by Gasteiger charge is -2.34. The van der Waals surface area contributed by atoms with Gasteiger partial charge in [-0.15, -0.1) is 0 Å². The molecule has 1 aliphatic heterocycles. The normalized spacial score (nSPS) is 16.9. The van der Waals surface area contributed by atoms with Gasteiger partial charge in [-0.3, -0.25) is 4.90 Å². The van der Waals surface area contributed by atoms with Crippen LogP contribution in [0.5, 0.6) is 0 Å². The van der Waals surface area contributed by atoms with Gasteiger partial charge >= 0.3 is 0 Å². The molecule has 1 aliphatic carbocycles. The van der Waals surface area contributed by atoms with E-state index in [1.165, 1.54) is 31.2 Å². The number of fused-ring (bicyclic) bond motifs is 1. The van der Waals surface area contributed by atoms with Gasteiger partial charge in [0.1, 0.15) is 0 Å². The first-order valence-electron chi connectivity index (χ1n) is 14.0. The van der Waals surface area contributed by atoms with Crippen molar-refractivity contribution in [1.82, 2.24) is 24.4 Å². The lowest BCUT2D eigenvalue weighted by molar-refractivity contribution is 0.0724. The molecule has 39 heavy (non-hydrogen) atoms. The molecule has 2 N–H and O–H groups in total. The van der Waals surface area contributed by atoms with Crippen LogP contribution in [0.2, 0.25) is 0 Å². The lowest BCUT2D eigenvalue weighted by Crippen LogP contribution is -2.48. The van der Waals surface area contributed by atoms with Crippen LogP contribution in [0, 0.1) is 0 Å². The number of rotatable bonds is 11. The van der Waals surface area contributed by atoms with Crippen molar-refractivity contribution in [3.8, 4) is 11.1 Å². The summed E-state index contributed by atoms with van der Waals surface area (Å²) in [5, 5.41) is 12.5. The van der Waals surface area contributed by atoms with Gasteiger partial charge in [-0.2, -0.15) is 9.97 Å². The van der Waals surface area contributed by atoms with Crippen molar-refractivity contribution in [3.63, 3.8) is 0 Å². The summed E-state index contributed by atoms with van der Waals surface area (Å²) in [7, 11) is 0. The predicted octanol–water partition coefficient (Wildman–Crippen LogP) is 3.94. The molecule has 4 aromatic rings. The van der Waals surface area contributed by atoms with Gasteiger partial charge in [0, 0.05) is 50.9 Å². The molecule has 10 nitrogen and oxygen atoms in total. The number of aliphatic hydroxyl groups excluding tert-OH is 1. The number of nitrogens with one attached hydrogen (secondary N) is 1. The number of hydrogen-bond acceptors (Lipinski definition) is 9. The minimum atomic E-state index is 0.0675. The zero-order valence-corrected chi connectivity index (χ0v) is 22.3. The van der Waals surface area contributed by atoms with E-state index in [0.717, 1.165) is 66.8 Å². The molecule has 206 valence electrons. The maximum atomic E-state index is 8.91. The first-order chi connectivity index (χ1) is 19.3. The Kier molecular flexibility index (Phi) is 8.03. The highest BCUT2D eigenvalue weighted by molar-refractivity contribution is 5.84. The number of ether oxygens (including phenoxy) is 1. The molecule has 10 heteroatoms. The second-order valence-corrected chi connectivity index (χ2v) is 10.4.